The molecular weight excluding hydrogens is 589 g/mol. The highest BCUT2D eigenvalue weighted by atomic mass is 32.2. The van der Waals surface area contributed by atoms with Crippen LogP contribution in [-0.2, 0) is 21.3 Å². The second-order valence-corrected chi connectivity index (χ2v) is 13.6. The maximum absolute atomic E-state index is 13.6. The van der Waals surface area contributed by atoms with Crippen molar-refractivity contribution in [1.82, 2.24) is 20.0 Å². The number of hydrogen-bond acceptors (Lipinski definition) is 8. The summed E-state index contributed by atoms with van der Waals surface area (Å²) in [7, 11) is -3.99. The molecule has 3 amide bonds. The van der Waals surface area contributed by atoms with Gasteiger partial charge in [-0.15, -0.1) is 11.3 Å². The van der Waals surface area contributed by atoms with Gasteiger partial charge in [-0.3, -0.25) is 10.3 Å². The van der Waals surface area contributed by atoms with Crippen LogP contribution in [0.15, 0.2) is 78.1 Å². The molecule has 4 aromatic rings. The van der Waals surface area contributed by atoms with E-state index in [1.54, 1.807) is 83.5 Å². The van der Waals surface area contributed by atoms with Gasteiger partial charge >= 0.3 is 12.1 Å². The fourth-order valence-corrected chi connectivity index (χ4v) is 6.63. The Bertz CT molecular complexity index is 1680. The number of hydrogen-bond donors (Lipinski definition) is 4. The molecule has 226 valence electrons. The van der Waals surface area contributed by atoms with Crippen LogP contribution < -0.4 is 20.7 Å². The number of rotatable bonds is 9. The minimum Gasteiger partial charge on any atom is -0.447 e. The summed E-state index contributed by atoms with van der Waals surface area (Å²) >= 11 is 1.32. The van der Waals surface area contributed by atoms with Crippen molar-refractivity contribution in [3.05, 3.63) is 78.8 Å². The molecule has 0 radical (unpaired) electrons. The molecule has 13 heteroatoms. The molecule has 0 aliphatic rings. The number of pyridine rings is 1. The molecule has 0 saturated carbocycles. The third-order valence-corrected chi connectivity index (χ3v) is 8.52. The highest BCUT2D eigenvalue weighted by molar-refractivity contribution is 7.89. The molecular formula is C30H34N6O5S2. The molecule has 0 bridgehead atoms. The van der Waals surface area contributed by atoms with Crippen LogP contribution in [0.2, 0.25) is 0 Å². The largest absolute Gasteiger partial charge is 0.447 e. The van der Waals surface area contributed by atoms with E-state index >= 15 is 0 Å². The maximum Gasteiger partial charge on any atom is 0.411 e. The molecule has 0 aliphatic carbocycles. The summed E-state index contributed by atoms with van der Waals surface area (Å²) in [5, 5.41) is 8.79. The zero-order valence-electron chi connectivity index (χ0n) is 24.5. The van der Waals surface area contributed by atoms with Gasteiger partial charge in [-0.25, -0.2) is 27.7 Å². The fourth-order valence-electron chi connectivity index (χ4n) is 3.93. The number of anilines is 2. The summed E-state index contributed by atoms with van der Waals surface area (Å²) in [6.07, 6.45) is 4.13. The van der Waals surface area contributed by atoms with Gasteiger partial charge in [0.25, 0.3) is 0 Å². The Labute approximate surface area is 255 Å². The summed E-state index contributed by atoms with van der Waals surface area (Å²) < 4.78 is 34.9. The van der Waals surface area contributed by atoms with Gasteiger partial charge in [-0.05, 0) is 82.6 Å². The van der Waals surface area contributed by atoms with Crippen molar-refractivity contribution in [3.8, 4) is 21.0 Å². The van der Waals surface area contributed by atoms with Gasteiger partial charge in [0.15, 0.2) is 0 Å². The van der Waals surface area contributed by atoms with Gasteiger partial charge in [0.05, 0.1) is 15.9 Å². The Morgan fingerprint density at radius 1 is 0.977 bits per heavy atom. The van der Waals surface area contributed by atoms with E-state index in [4.69, 9.17) is 4.74 Å². The van der Waals surface area contributed by atoms with E-state index in [1.165, 1.54) is 17.4 Å². The van der Waals surface area contributed by atoms with E-state index in [9.17, 15) is 18.0 Å². The number of carbonyl (C=O) groups excluding carboxylic acids is 2. The standard InChI is InChI=1S/C30H34N6O5S2/c1-19(2)41-29(38)35-22-10-8-21(9-11-22)27-32-18-25(42-27)24-13-12-23(15-26(24)43(39,40)36-30(3,4)5)34-28(37)33-17-20-7-6-14-31-16-20/h6-16,18-19,36H,17H2,1-5H3,(H,35,38)(H2,33,34,37). The zero-order valence-corrected chi connectivity index (χ0v) is 26.1. The van der Waals surface area contributed by atoms with E-state index in [0.717, 1.165) is 11.1 Å². The van der Waals surface area contributed by atoms with E-state index < -0.39 is 27.7 Å². The Balaban J connectivity index is 1.58. The minimum absolute atomic E-state index is 0.00546. The molecule has 0 saturated heterocycles. The van der Waals surface area contributed by atoms with E-state index in [1.807, 2.05) is 18.2 Å². The quantitative estimate of drug-likeness (QED) is 0.173. The molecule has 4 rings (SSSR count). The SMILES string of the molecule is CC(C)OC(=O)Nc1ccc(-c2ncc(-c3ccc(NC(=O)NCc4cccnc4)cc3S(=O)(=O)NC(C)(C)C)s2)cc1. The number of amides is 3. The van der Waals surface area contributed by atoms with Crippen LogP contribution in [0, 0.1) is 0 Å². The summed E-state index contributed by atoms with van der Waals surface area (Å²) in [6, 6.07) is 14.9. The predicted molar refractivity (Wildman–Crippen MR) is 168 cm³/mol. The molecule has 0 atom stereocenters. The van der Waals surface area contributed by atoms with Crippen LogP contribution in [0.3, 0.4) is 0 Å². The third kappa shape index (κ3) is 9.08. The van der Waals surface area contributed by atoms with E-state index in [0.29, 0.717) is 26.8 Å². The highest BCUT2D eigenvalue weighted by Crippen LogP contribution is 2.37. The van der Waals surface area contributed by atoms with Crippen molar-refractivity contribution in [1.29, 1.82) is 0 Å². The highest BCUT2D eigenvalue weighted by Gasteiger charge is 2.26. The first-order valence-corrected chi connectivity index (χ1v) is 15.7. The monoisotopic (exact) mass is 622 g/mol. The number of ether oxygens (including phenoxy) is 1. The molecule has 0 unspecified atom stereocenters. The van der Waals surface area contributed by atoms with Crippen LogP contribution in [0.4, 0.5) is 21.0 Å². The van der Waals surface area contributed by atoms with Crippen LogP contribution in [-0.4, -0.2) is 42.2 Å². The Morgan fingerprint density at radius 2 is 1.70 bits per heavy atom. The first kappa shape index (κ1) is 31.6. The lowest BCUT2D eigenvalue weighted by Gasteiger charge is -2.22. The lowest BCUT2D eigenvalue weighted by Crippen LogP contribution is -2.40. The van der Waals surface area contributed by atoms with Crippen molar-refractivity contribution in [2.24, 2.45) is 0 Å². The number of aromatic nitrogens is 2. The normalized spacial score (nSPS) is 11.7. The maximum atomic E-state index is 13.6. The van der Waals surface area contributed by atoms with Crippen molar-refractivity contribution in [2.45, 2.75) is 57.7 Å². The Hall–Kier alpha value is -4.33. The molecule has 43 heavy (non-hydrogen) atoms. The molecule has 4 N–H and O–H groups in total. The van der Waals surface area contributed by atoms with Crippen molar-refractivity contribution in [3.63, 3.8) is 0 Å². The van der Waals surface area contributed by atoms with Crippen LogP contribution in [0.1, 0.15) is 40.2 Å². The van der Waals surface area contributed by atoms with Crippen molar-refractivity contribution < 1.29 is 22.7 Å². The molecule has 2 heterocycles. The van der Waals surface area contributed by atoms with Gasteiger partial charge in [0, 0.05) is 53.2 Å². The Morgan fingerprint density at radius 3 is 2.35 bits per heavy atom. The number of carbonyl (C=O) groups is 2. The lowest BCUT2D eigenvalue weighted by atomic mass is 10.1. The van der Waals surface area contributed by atoms with Gasteiger partial charge < -0.3 is 15.4 Å². The molecule has 2 aromatic carbocycles. The number of sulfonamides is 1. The molecule has 0 fully saturated rings. The second-order valence-electron chi connectivity index (χ2n) is 10.9. The predicted octanol–water partition coefficient (Wildman–Crippen LogP) is 6.23. The number of thiazole rings is 1. The number of nitrogens with one attached hydrogen (secondary N) is 4. The number of urea groups is 1. The summed E-state index contributed by atoms with van der Waals surface area (Å²) in [5.41, 5.74) is 2.20. The van der Waals surface area contributed by atoms with Gasteiger partial charge in [-0.1, -0.05) is 12.1 Å². The summed E-state index contributed by atoms with van der Waals surface area (Å²) in [6.45, 7) is 9.06. The lowest BCUT2D eigenvalue weighted by molar-refractivity contribution is 0.130. The second kappa shape index (κ2) is 13.3. The van der Waals surface area contributed by atoms with Crippen LogP contribution >= 0.6 is 11.3 Å². The first-order chi connectivity index (χ1) is 20.3. The van der Waals surface area contributed by atoms with Gasteiger partial charge in [0.2, 0.25) is 10.0 Å². The number of nitrogens with zero attached hydrogens (tertiary/aromatic N) is 2. The number of benzene rings is 2. The van der Waals surface area contributed by atoms with Crippen LogP contribution in [0.5, 0.6) is 0 Å². The van der Waals surface area contributed by atoms with Crippen molar-refractivity contribution in [2.75, 3.05) is 10.6 Å². The topological polar surface area (TPSA) is 151 Å². The minimum atomic E-state index is -3.99. The van der Waals surface area contributed by atoms with Gasteiger partial charge in [0.1, 0.15) is 5.01 Å². The zero-order chi connectivity index (χ0) is 31.2. The fraction of sp³-hybridized carbons (Fsp3) is 0.267. The van der Waals surface area contributed by atoms with E-state index in [-0.39, 0.29) is 17.5 Å². The first-order valence-electron chi connectivity index (χ1n) is 13.5. The molecule has 0 spiro atoms. The van der Waals surface area contributed by atoms with Crippen molar-refractivity contribution >= 4 is 44.9 Å². The van der Waals surface area contributed by atoms with Gasteiger partial charge in [-0.2, -0.15) is 0 Å². The molecule has 11 nitrogen and oxygen atoms in total. The molecule has 0 aliphatic heterocycles. The average molecular weight is 623 g/mol. The Kier molecular flexibility index (Phi) is 9.79. The summed E-state index contributed by atoms with van der Waals surface area (Å²) in [4.78, 5) is 33.6. The van der Waals surface area contributed by atoms with E-state index in [2.05, 4.69) is 30.6 Å². The third-order valence-electron chi connectivity index (χ3n) is 5.64. The summed E-state index contributed by atoms with van der Waals surface area (Å²) in [5.74, 6) is 0. The average Bonchev–Trinajstić information content (AvgIpc) is 3.41. The smallest absolute Gasteiger partial charge is 0.411 e. The van der Waals surface area contributed by atoms with Crippen LogP contribution in [0.25, 0.3) is 21.0 Å². The molecule has 2 aromatic heterocycles.